The number of carbonyl (C=O) groups is 1. The first kappa shape index (κ1) is 18.5. The number of hydrogen-bond acceptors (Lipinski definition) is 5. The van der Waals surface area contributed by atoms with Crippen LogP contribution >= 0.6 is 0 Å². The molecule has 0 unspecified atom stereocenters. The number of aromatic amines is 2. The Bertz CT molecular complexity index is 1180. The lowest BCUT2D eigenvalue weighted by molar-refractivity contribution is 0.100. The second kappa shape index (κ2) is 7.31. The minimum atomic E-state index is -0.543. The molecule has 8 nitrogen and oxygen atoms in total. The second-order valence-electron chi connectivity index (χ2n) is 7.19. The number of phenols is 1. The Balaban J connectivity index is 1.57. The summed E-state index contributed by atoms with van der Waals surface area (Å²) >= 11 is 0. The molecule has 0 aliphatic carbocycles. The van der Waals surface area contributed by atoms with Gasteiger partial charge in [0.25, 0.3) is 5.91 Å². The molecule has 4 rings (SSSR count). The summed E-state index contributed by atoms with van der Waals surface area (Å²) in [4.78, 5) is 12.1. The molecule has 8 heteroatoms. The number of hydrogen-bond donors (Lipinski definition) is 5. The van der Waals surface area contributed by atoms with E-state index in [4.69, 9.17) is 5.73 Å². The van der Waals surface area contributed by atoms with E-state index in [9.17, 15) is 9.90 Å². The molecule has 0 saturated carbocycles. The second-order valence-corrected chi connectivity index (χ2v) is 7.19. The number of aryl methyl sites for hydroxylation is 2. The van der Waals surface area contributed by atoms with Crippen molar-refractivity contribution in [2.45, 2.75) is 26.8 Å². The van der Waals surface area contributed by atoms with E-state index in [1.54, 1.807) is 6.20 Å². The molecule has 0 radical (unpaired) electrons. The fourth-order valence-corrected chi connectivity index (χ4v) is 3.54. The van der Waals surface area contributed by atoms with Crippen molar-refractivity contribution in [3.8, 4) is 5.75 Å². The monoisotopic (exact) mass is 390 g/mol. The average Bonchev–Trinajstić information content (AvgIpc) is 3.30. The van der Waals surface area contributed by atoms with Crippen LogP contribution in [0.25, 0.3) is 10.9 Å². The van der Waals surface area contributed by atoms with Gasteiger partial charge in [0.15, 0.2) is 5.82 Å². The van der Waals surface area contributed by atoms with Gasteiger partial charge in [-0.15, -0.1) is 0 Å². The van der Waals surface area contributed by atoms with Crippen LogP contribution in [0.2, 0.25) is 0 Å². The van der Waals surface area contributed by atoms with Crippen molar-refractivity contribution < 1.29 is 9.90 Å². The fourth-order valence-electron chi connectivity index (χ4n) is 3.54. The number of primary amides is 1. The Morgan fingerprint density at radius 1 is 1.14 bits per heavy atom. The average molecular weight is 390 g/mol. The van der Waals surface area contributed by atoms with Gasteiger partial charge in [-0.1, -0.05) is 18.2 Å². The standard InChI is InChI=1S/C21H22N6O2/c1-11-5-14(6-12(2)19(11)28)9-23-21-18(20(22)29)17(26-27-21)8-13-3-4-16-15(7-13)10-24-25-16/h3-7,10,28H,8-9H2,1-2H3,(H2,22,29)(H,24,25)(H2,23,26,27). The van der Waals surface area contributed by atoms with Crippen LogP contribution in [0.5, 0.6) is 5.75 Å². The molecular weight excluding hydrogens is 368 g/mol. The van der Waals surface area contributed by atoms with Gasteiger partial charge in [-0.25, -0.2) is 0 Å². The number of benzene rings is 2. The largest absolute Gasteiger partial charge is 0.507 e. The first-order valence-electron chi connectivity index (χ1n) is 9.24. The summed E-state index contributed by atoms with van der Waals surface area (Å²) in [5.41, 5.74) is 11.2. The Labute approximate surface area is 167 Å². The van der Waals surface area contributed by atoms with E-state index in [0.717, 1.165) is 33.2 Å². The molecular formula is C21H22N6O2. The number of aromatic hydroxyl groups is 1. The van der Waals surface area contributed by atoms with E-state index in [0.29, 0.717) is 35.8 Å². The van der Waals surface area contributed by atoms with Gasteiger partial charge in [0.05, 0.1) is 17.4 Å². The van der Waals surface area contributed by atoms with Gasteiger partial charge < -0.3 is 16.2 Å². The highest BCUT2D eigenvalue weighted by Crippen LogP contribution is 2.25. The number of nitrogens with two attached hydrogens (primary N) is 1. The van der Waals surface area contributed by atoms with Crippen molar-refractivity contribution in [3.63, 3.8) is 0 Å². The first-order valence-corrected chi connectivity index (χ1v) is 9.24. The van der Waals surface area contributed by atoms with E-state index < -0.39 is 5.91 Å². The maximum atomic E-state index is 12.1. The van der Waals surface area contributed by atoms with Crippen molar-refractivity contribution >= 4 is 22.6 Å². The number of rotatable bonds is 6. The zero-order chi connectivity index (χ0) is 20.5. The highest BCUT2D eigenvalue weighted by Gasteiger charge is 2.19. The van der Waals surface area contributed by atoms with Gasteiger partial charge >= 0.3 is 0 Å². The molecule has 2 heterocycles. The maximum Gasteiger partial charge on any atom is 0.254 e. The summed E-state index contributed by atoms with van der Waals surface area (Å²) < 4.78 is 0. The van der Waals surface area contributed by atoms with Crippen LogP contribution in [0, 0.1) is 13.8 Å². The number of H-pyrrole nitrogens is 2. The number of amides is 1. The van der Waals surface area contributed by atoms with E-state index in [1.165, 1.54) is 0 Å². The van der Waals surface area contributed by atoms with Gasteiger partial charge in [-0.2, -0.15) is 10.2 Å². The molecule has 0 saturated heterocycles. The molecule has 0 spiro atoms. The highest BCUT2D eigenvalue weighted by molar-refractivity contribution is 5.99. The normalized spacial score (nSPS) is 11.1. The molecule has 0 bridgehead atoms. The topological polar surface area (TPSA) is 133 Å². The molecule has 29 heavy (non-hydrogen) atoms. The minimum Gasteiger partial charge on any atom is -0.507 e. The molecule has 0 aliphatic heterocycles. The summed E-state index contributed by atoms with van der Waals surface area (Å²) in [6.07, 6.45) is 2.25. The molecule has 2 aromatic heterocycles. The van der Waals surface area contributed by atoms with Gasteiger partial charge in [0.1, 0.15) is 11.3 Å². The minimum absolute atomic E-state index is 0.295. The SMILES string of the molecule is Cc1cc(CNc2n[nH]c(Cc3ccc4[nH]ncc4c3)c2C(N)=O)cc(C)c1O. The van der Waals surface area contributed by atoms with E-state index in [-0.39, 0.29) is 0 Å². The Hall–Kier alpha value is -3.81. The van der Waals surface area contributed by atoms with Gasteiger partial charge in [-0.3, -0.25) is 15.0 Å². The van der Waals surface area contributed by atoms with E-state index in [2.05, 4.69) is 25.7 Å². The fraction of sp³-hybridized carbons (Fsp3) is 0.190. The third-order valence-electron chi connectivity index (χ3n) is 4.98. The number of phenolic OH excluding ortho intramolecular Hbond substituents is 1. The summed E-state index contributed by atoms with van der Waals surface area (Å²) in [5, 5.41) is 28.2. The molecule has 4 aromatic rings. The molecule has 6 N–H and O–H groups in total. The zero-order valence-corrected chi connectivity index (χ0v) is 16.2. The van der Waals surface area contributed by atoms with Crippen LogP contribution in [0.4, 0.5) is 5.82 Å². The van der Waals surface area contributed by atoms with Crippen molar-refractivity contribution in [1.29, 1.82) is 0 Å². The summed E-state index contributed by atoms with van der Waals surface area (Å²) in [5.74, 6) is 0.169. The number of nitrogens with one attached hydrogen (secondary N) is 3. The molecule has 0 fully saturated rings. The van der Waals surface area contributed by atoms with Crippen molar-refractivity contribution in [2.24, 2.45) is 5.73 Å². The van der Waals surface area contributed by atoms with Gasteiger partial charge in [-0.05, 0) is 48.2 Å². The number of anilines is 1. The molecule has 0 atom stereocenters. The van der Waals surface area contributed by atoms with Crippen molar-refractivity contribution in [3.05, 3.63) is 70.0 Å². The Kier molecular flexibility index (Phi) is 4.67. The third kappa shape index (κ3) is 3.64. The lowest BCUT2D eigenvalue weighted by atomic mass is 10.0. The van der Waals surface area contributed by atoms with Gasteiger partial charge in [0, 0.05) is 18.4 Å². The van der Waals surface area contributed by atoms with Crippen LogP contribution in [0.15, 0.2) is 36.5 Å². The Morgan fingerprint density at radius 2 is 1.90 bits per heavy atom. The quantitative estimate of drug-likeness (QED) is 0.345. The first-order chi connectivity index (χ1) is 13.9. The molecule has 2 aromatic carbocycles. The predicted octanol–water partition coefficient (Wildman–Crippen LogP) is 2.91. The summed E-state index contributed by atoms with van der Waals surface area (Å²) in [6, 6.07) is 9.73. The van der Waals surface area contributed by atoms with Crippen LogP contribution in [-0.2, 0) is 13.0 Å². The summed E-state index contributed by atoms with van der Waals surface area (Å²) in [6.45, 7) is 4.15. The van der Waals surface area contributed by atoms with Crippen LogP contribution in [0.3, 0.4) is 0 Å². The van der Waals surface area contributed by atoms with Crippen molar-refractivity contribution in [2.75, 3.05) is 5.32 Å². The van der Waals surface area contributed by atoms with Crippen LogP contribution < -0.4 is 11.1 Å². The number of fused-ring (bicyclic) bond motifs is 1. The van der Waals surface area contributed by atoms with E-state index in [1.807, 2.05) is 44.2 Å². The zero-order valence-electron chi connectivity index (χ0n) is 16.2. The van der Waals surface area contributed by atoms with Gasteiger partial charge in [0.2, 0.25) is 0 Å². The predicted molar refractivity (Wildman–Crippen MR) is 111 cm³/mol. The highest BCUT2D eigenvalue weighted by atomic mass is 16.3. The Morgan fingerprint density at radius 3 is 2.62 bits per heavy atom. The third-order valence-corrected chi connectivity index (χ3v) is 4.98. The molecule has 1 amide bonds. The summed E-state index contributed by atoms with van der Waals surface area (Å²) in [7, 11) is 0. The van der Waals surface area contributed by atoms with Crippen molar-refractivity contribution in [1.82, 2.24) is 20.4 Å². The lowest BCUT2D eigenvalue weighted by Crippen LogP contribution is -2.15. The number of aromatic nitrogens is 4. The number of carbonyl (C=O) groups excluding carboxylic acids is 1. The smallest absolute Gasteiger partial charge is 0.254 e. The maximum absolute atomic E-state index is 12.1. The number of nitrogens with zero attached hydrogens (tertiary/aromatic N) is 2. The van der Waals surface area contributed by atoms with Crippen LogP contribution in [0.1, 0.15) is 38.3 Å². The van der Waals surface area contributed by atoms with E-state index >= 15 is 0 Å². The molecule has 0 aliphatic rings. The van der Waals surface area contributed by atoms with Crippen LogP contribution in [-0.4, -0.2) is 31.4 Å². The molecule has 148 valence electrons. The lowest BCUT2D eigenvalue weighted by Gasteiger charge is -2.09.